The second kappa shape index (κ2) is 6.39. The second-order valence-electron chi connectivity index (χ2n) is 5.63. The summed E-state index contributed by atoms with van der Waals surface area (Å²) in [6, 6.07) is 3.85. The smallest absolute Gasteiger partial charge is 0.241 e. The Morgan fingerprint density at radius 3 is 2.81 bits per heavy atom. The lowest BCUT2D eigenvalue weighted by Gasteiger charge is -2.35. The van der Waals surface area contributed by atoms with E-state index in [0.717, 1.165) is 25.5 Å². The highest BCUT2D eigenvalue weighted by molar-refractivity contribution is 7.89. The zero-order chi connectivity index (χ0) is 15.6. The van der Waals surface area contributed by atoms with E-state index in [0.29, 0.717) is 11.6 Å². The van der Waals surface area contributed by atoms with Crippen LogP contribution < -0.4 is 10.5 Å². The summed E-state index contributed by atoms with van der Waals surface area (Å²) in [6.45, 7) is 2.95. The number of hydrogen-bond acceptors (Lipinski definition) is 4. The monoisotopic (exact) mass is 315 g/mol. The minimum Gasteiger partial charge on any atom is -0.326 e. The fourth-order valence-corrected chi connectivity index (χ4v) is 4.17. The number of rotatable bonds is 4. The van der Waals surface area contributed by atoms with Gasteiger partial charge in [-0.3, -0.25) is 0 Å². The van der Waals surface area contributed by atoms with Gasteiger partial charge in [0.05, 0.1) is 4.90 Å². The molecular weight excluding hydrogens is 293 g/mol. The number of nitrogens with one attached hydrogen (secondary N) is 1. The third-order valence-electron chi connectivity index (χ3n) is 4.07. The van der Waals surface area contributed by atoms with Crippen LogP contribution in [0.4, 0.5) is 4.39 Å². The SMILES string of the molecule is CC1CC(NS(=O)(=O)c2cc(F)ccc2CN)CCN1C. The molecule has 21 heavy (non-hydrogen) atoms. The van der Waals surface area contributed by atoms with Gasteiger partial charge in [-0.25, -0.2) is 17.5 Å². The van der Waals surface area contributed by atoms with Crippen LogP contribution in [0.3, 0.4) is 0 Å². The second-order valence-corrected chi connectivity index (χ2v) is 7.31. The zero-order valence-corrected chi connectivity index (χ0v) is 13.2. The molecule has 2 atom stereocenters. The van der Waals surface area contributed by atoms with E-state index in [-0.39, 0.29) is 17.5 Å². The lowest BCUT2D eigenvalue weighted by Crippen LogP contribution is -2.47. The standard InChI is InChI=1S/C14H22FN3O2S/c1-10-7-13(5-6-18(10)2)17-21(19,20)14-8-12(15)4-3-11(14)9-16/h3-4,8,10,13,17H,5-7,9,16H2,1-2H3. The quantitative estimate of drug-likeness (QED) is 0.871. The molecule has 0 aliphatic carbocycles. The Labute approximate surface area is 125 Å². The summed E-state index contributed by atoms with van der Waals surface area (Å²) in [5.74, 6) is -0.579. The topological polar surface area (TPSA) is 75.4 Å². The first-order valence-corrected chi connectivity index (χ1v) is 8.53. The van der Waals surface area contributed by atoms with E-state index in [9.17, 15) is 12.8 Å². The van der Waals surface area contributed by atoms with Gasteiger partial charge in [0.15, 0.2) is 0 Å². The summed E-state index contributed by atoms with van der Waals surface area (Å²) in [4.78, 5) is 2.13. The van der Waals surface area contributed by atoms with Gasteiger partial charge in [0.1, 0.15) is 5.82 Å². The van der Waals surface area contributed by atoms with E-state index in [1.807, 2.05) is 7.05 Å². The normalized spacial score (nSPS) is 24.2. The van der Waals surface area contributed by atoms with Gasteiger partial charge in [-0.05, 0) is 51.1 Å². The molecule has 0 saturated carbocycles. The lowest BCUT2D eigenvalue weighted by molar-refractivity contribution is 0.178. The summed E-state index contributed by atoms with van der Waals surface area (Å²) < 4.78 is 41.0. The molecule has 7 heteroatoms. The lowest BCUT2D eigenvalue weighted by atomic mass is 10.0. The first-order chi connectivity index (χ1) is 9.83. The van der Waals surface area contributed by atoms with Gasteiger partial charge in [-0.1, -0.05) is 6.07 Å². The molecule has 0 spiro atoms. The summed E-state index contributed by atoms with van der Waals surface area (Å²) in [7, 11) is -1.73. The molecule has 1 fully saturated rings. The Balaban J connectivity index is 2.21. The van der Waals surface area contributed by atoms with Gasteiger partial charge in [0.2, 0.25) is 10.0 Å². The number of piperidine rings is 1. The summed E-state index contributed by atoms with van der Waals surface area (Å²) in [5.41, 5.74) is 5.97. The van der Waals surface area contributed by atoms with E-state index in [2.05, 4.69) is 16.5 Å². The van der Waals surface area contributed by atoms with Crippen molar-refractivity contribution in [2.24, 2.45) is 5.73 Å². The molecule has 1 aromatic carbocycles. The molecule has 0 amide bonds. The minimum absolute atomic E-state index is 0.0559. The summed E-state index contributed by atoms with van der Waals surface area (Å²) in [6.07, 6.45) is 1.48. The summed E-state index contributed by atoms with van der Waals surface area (Å²) in [5, 5.41) is 0. The fraction of sp³-hybridized carbons (Fsp3) is 0.571. The average Bonchev–Trinajstić information content (AvgIpc) is 2.42. The highest BCUT2D eigenvalue weighted by atomic mass is 32.2. The minimum atomic E-state index is -3.75. The third-order valence-corrected chi connectivity index (χ3v) is 5.67. The van der Waals surface area contributed by atoms with Crippen LogP contribution in [0.25, 0.3) is 0 Å². The van der Waals surface area contributed by atoms with Crippen molar-refractivity contribution in [3.05, 3.63) is 29.6 Å². The van der Waals surface area contributed by atoms with Gasteiger partial charge < -0.3 is 10.6 Å². The predicted octanol–water partition coefficient (Wildman–Crippen LogP) is 1.05. The van der Waals surface area contributed by atoms with Gasteiger partial charge in [0, 0.05) is 18.6 Å². The van der Waals surface area contributed by atoms with E-state index < -0.39 is 15.8 Å². The van der Waals surface area contributed by atoms with Crippen molar-refractivity contribution in [2.45, 2.75) is 43.3 Å². The number of benzene rings is 1. The molecule has 1 saturated heterocycles. The molecule has 1 aliphatic rings. The number of hydrogen-bond donors (Lipinski definition) is 2. The number of nitrogens with zero attached hydrogens (tertiary/aromatic N) is 1. The van der Waals surface area contributed by atoms with Crippen molar-refractivity contribution in [1.29, 1.82) is 0 Å². The third kappa shape index (κ3) is 3.79. The Morgan fingerprint density at radius 1 is 1.48 bits per heavy atom. The molecule has 5 nitrogen and oxygen atoms in total. The van der Waals surface area contributed by atoms with E-state index in [1.54, 1.807) is 0 Å². The molecule has 2 unspecified atom stereocenters. The zero-order valence-electron chi connectivity index (χ0n) is 12.3. The molecule has 0 bridgehead atoms. The van der Waals surface area contributed by atoms with Crippen molar-refractivity contribution in [3.8, 4) is 0 Å². The average molecular weight is 315 g/mol. The molecule has 2 rings (SSSR count). The molecule has 1 heterocycles. The van der Waals surface area contributed by atoms with Crippen molar-refractivity contribution in [2.75, 3.05) is 13.6 Å². The van der Waals surface area contributed by atoms with Crippen molar-refractivity contribution in [1.82, 2.24) is 9.62 Å². The molecular formula is C14H22FN3O2S. The van der Waals surface area contributed by atoms with Crippen molar-refractivity contribution < 1.29 is 12.8 Å². The maximum atomic E-state index is 13.4. The van der Waals surface area contributed by atoms with Crippen LogP contribution in [0.2, 0.25) is 0 Å². The highest BCUT2D eigenvalue weighted by Crippen LogP contribution is 2.21. The first kappa shape index (κ1) is 16.4. The van der Waals surface area contributed by atoms with Gasteiger partial charge in [-0.2, -0.15) is 0 Å². The van der Waals surface area contributed by atoms with Crippen molar-refractivity contribution in [3.63, 3.8) is 0 Å². The number of nitrogens with two attached hydrogens (primary N) is 1. The van der Waals surface area contributed by atoms with Gasteiger partial charge >= 0.3 is 0 Å². The van der Waals surface area contributed by atoms with Gasteiger partial charge in [-0.15, -0.1) is 0 Å². The molecule has 1 aliphatic heterocycles. The van der Waals surface area contributed by atoms with E-state index in [4.69, 9.17) is 5.73 Å². The molecule has 1 aromatic rings. The van der Waals surface area contributed by atoms with Crippen LogP contribution in [0, 0.1) is 5.82 Å². The Morgan fingerprint density at radius 2 is 2.19 bits per heavy atom. The summed E-state index contributed by atoms with van der Waals surface area (Å²) >= 11 is 0. The van der Waals surface area contributed by atoms with E-state index >= 15 is 0 Å². The molecule has 0 aromatic heterocycles. The Kier molecular flexibility index (Phi) is 4.98. The number of halogens is 1. The largest absolute Gasteiger partial charge is 0.326 e. The number of sulfonamides is 1. The van der Waals surface area contributed by atoms with Gasteiger partial charge in [0.25, 0.3) is 0 Å². The highest BCUT2D eigenvalue weighted by Gasteiger charge is 2.28. The maximum absolute atomic E-state index is 13.4. The predicted molar refractivity (Wildman–Crippen MR) is 79.7 cm³/mol. The van der Waals surface area contributed by atoms with Crippen LogP contribution in [0.15, 0.2) is 23.1 Å². The number of likely N-dealkylation sites (tertiary alicyclic amines) is 1. The molecule has 0 radical (unpaired) electrons. The van der Waals surface area contributed by atoms with Crippen LogP contribution in [-0.4, -0.2) is 39.0 Å². The van der Waals surface area contributed by atoms with Crippen LogP contribution in [-0.2, 0) is 16.6 Å². The Bertz CT molecular complexity index is 606. The van der Waals surface area contributed by atoms with E-state index in [1.165, 1.54) is 12.1 Å². The maximum Gasteiger partial charge on any atom is 0.241 e. The Hall–Kier alpha value is -1.02. The van der Waals surface area contributed by atoms with Crippen LogP contribution in [0.5, 0.6) is 0 Å². The van der Waals surface area contributed by atoms with Crippen LogP contribution in [0.1, 0.15) is 25.3 Å². The van der Waals surface area contributed by atoms with Crippen molar-refractivity contribution >= 4 is 10.0 Å². The van der Waals surface area contributed by atoms with Crippen LogP contribution >= 0.6 is 0 Å². The fourth-order valence-electron chi connectivity index (χ4n) is 2.63. The first-order valence-electron chi connectivity index (χ1n) is 7.04. The molecule has 118 valence electrons. The molecule has 3 N–H and O–H groups in total.